The quantitative estimate of drug-likeness (QED) is 0.511. The van der Waals surface area contributed by atoms with Gasteiger partial charge in [0, 0.05) is 10.0 Å². The van der Waals surface area contributed by atoms with Crippen LogP contribution >= 0.6 is 15.9 Å². The minimum atomic E-state index is -4.64. The van der Waals surface area contributed by atoms with E-state index in [4.69, 9.17) is 0 Å². The summed E-state index contributed by atoms with van der Waals surface area (Å²) in [5.74, 6) is -0.814. The summed E-state index contributed by atoms with van der Waals surface area (Å²) in [6.45, 7) is -0.729. The Balaban J connectivity index is 2.17. The van der Waals surface area contributed by atoms with E-state index in [2.05, 4.69) is 26.5 Å². The van der Waals surface area contributed by atoms with Crippen molar-refractivity contribution < 1.29 is 26.4 Å². The van der Waals surface area contributed by atoms with Gasteiger partial charge in [-0.3, -0.25) is 9.10 Å². The monoisotopic (exact) mass is 477 g/mol. The Morgan fingerprint density at radius 1 is 1.21 bits per heavy atom. The van der Waals surface area contributed by atoms with E-state index in [1.54, 1.807) is 24.3 Å². The first kappa shape index (κ1) is 21.9. The predicted octanol–water partition coefficient (Wildman–Crippen LogP) is 3.38. The van der Waals surface area contributed by atoms with Crippen molar-refractivity contribution in [2.24, 2.45) is 5.10 Å². The predicted molar refractivity (Wildman–Crippen MR) is 104 cm³/mol. The molecule has 0 unspecified atom stereocenters. The van der Waals surface area contributed by atoms with E-state index in [9.17, 15) is 26.4 Å². The minimum absolute atomic E-state index is 0.276. The highest BCUT2D eigenvalue weighted by atomic mass is 79.9. The molecule has 0 atom stereocenters. The normalized spacial score (nSPS) is 12.2. The second-order valence-electron chi connectivity index (χ2n) is 5.63. The largest absolute Gasteiger partial charge is 0.416 e. The minimum Gasteiger partial charge on any atom is -0.271 e. The van der Waals surface area contributed by atoms with Crippen LogP contribution in [-0.4, -0.2) is 33.3 Å². The van der Waals surface area contributed by atoms with Gasteiger partial charge in [-0.2, -0.15) is 18.3 Å². The lowest BCUT2D eigenvalue weighted by Crippen LogP contribution is -2.39. The van der Waals surface area contributed by atoms with E-state index >= 15 is 0 Å². The lowest BCUT2D eigenvalue weighted by Gasteiger charge is -2.22. The standard InChI is InChI=1S/C17H15BrF3N3O3S/c1-28(26,27)24(14-7-4-6-13(9-14)17(19,20)21)11-16(25)23-22-10-12-5-2-3-8-15(12)18/h2-10H,11H2,1H3,(H,23,25)/b22-10-. The number of benzene rings is 2. The molecule has 0 bridgehead atoms. The maximum atomic E-state index is 12.9. The summed E-state index contributed by atoms with van der Waals surface area (Å²) < 4.78 is 63.9. The Labute approximate surface area is 168 Å². The second-order valence-corrected chi connectivity index (χ2v) is 8.39. The number of carbonyl (C=O) groups excluding carboxylic acids is 1. The van der Waals surface area contributed by atoms with Gasteiger partial charge in [0.1, 0.15) is 6.54 Å². The van der Waals surface area contributed by atoms with Gasteiger partial charge in [0.2, 0.25) is 10.0 Å². The molecule has 0 aliphatic carbocycles. The molecule has 6 nitrogen and oxygen atoms in total. The first-order chi connectivity index (χ1) is 13.0. The van der Waals surface area contributed by atoms with Crippen molar-refractivity contribution in [3.8, 4) is 0 Å². The molecule has 11 heteroatoms. The van der Waals surface area contributed by atoms with Crippen molar-refractivity contribution in [3.63, 3.8) is 0 Å². The Morgan fingerprint density at radius 2 is 1.89 bits per heavy atom. The molecular weight excluding hydrogens is 463 g/mol. The number of carbonyl (C=O) groups is 1. The average molecular weight is 478 g/mol. The van der Waals surface area contributed by atoms with E-state index < -0.39 is 34.2 Å². The van der Waals surface area contributed by atoms with Crippen LogP contribution in [0.5, 0.6) is 0 Å². The smallest absolute Gasteiger partial charge is 0.271 e. The average Bonchev–Trinajstić information content (AvgIpc) is 2.60. The van der Waals surface area contributed by atoms with E-state index in [-0.39, 0.29) is 5.69 Å². The number of nitrogens with one attached hydrogen (secondary N) is 1. The summed E-state index contributed by atoms with van der Waals surface area (Å²) in [6, 6.07) is 10.8. The van der Waals surface area contributed by atoms with Crippen molar-refractivity contribution in [1.82, 2.24) is 5.43 Å². The summed E-state index contributed by atoms with van der Waals surface area (Å²) in [5, 5.41) is 3.73. The van der Waals surface area contributed by atoms with Gasteiger partial charge in [-0.05, 0) is 24.3 Å². The molecule has 2 rings (SSSR count). The first-order valence-electron chi connectivity index (χ1n) is 7.70. The number of sulfonamides is 1. The zero-order valence-electron chi connectivity index (χ0n) is 14.4. The molecule has 0 saturated heterocycles. The van der Waals surface area contributed by atoms with E-state index in [0.717, 1.165) is 22.9 Å². The van der Waals surface area contributed by atoms with Crippen LogP contribution in [-0.2, 0) is 21.0 Å². The van der Waals surface area contributed by atoms with Crippen LogP contribution in [0.2, 0.25) is 0 Å². The molecule has 0 radical (unpaired) electrons. The molecular formula is C17H15BrF3N3O3S. The molecule has 0 heterocycles. The van der Waals surface area contributed by atoms with Crippen molar-refractivity contribution in [3.05, 3.63) is 64.1 Å². The van der Waals surface area contributed by atoms with E-state index in [1.165, 1.54) is 12.3 Å². The second kappa shape index (κ2) is 8.74. The van der Waals surface area contributed by atoms with Gasteiger partial charge in [0.05, 0.1) is 23.7 Å². The summed E-state index contributed by atoms with van der Waals surface area (Å²) in [5.41, 5.74) is 1.53. The van der Waals surface area contributed by atoms with Gasteiger partial charge in [-0.1, -0.05) is 40.2 Å². The first-order valence-corrected chi connectivity index (χ1v) is 10.3. The van der Waals surface area contributed by atoms with Crippen LogP contribution in [0.3, 0.4) is 0 Å². The summed E-state index contributed by atoms with van der Waals surface area (Å²) in [6.07, 6.45) is -2.50. The molecule has 2 aromatic carbocycles. The van der Waals surface area contributed by atoms with Gasteiger partial charge < -0.3 is 0 Å². The molecule has 0 aliphatic rings. The number of amides is 1. The molecule has 0 fully saturated rings. The van der Waals surface area contributed by atoms with Crippen molar-refractivity contribution in [2.75, 3.05) is 17.1 Å². The highest BCUT2D eigenvalue weighted by Crippen LogP contribution is 2.32. The fourth-order valence-electron chi connectivity index (χ4n) is 2.16. The molecule has 0 aliphatic heterocycles. The number of hydrogen-bond acceptors (Lipinski definition) is 4. The summed E-state index contributed by atoms with van der Waals surface area (Å²) in [7, 11) is -4.01. The number of alkyl halides is 3. The number of halogens is 4. The SMILES string of the molecule is CS(=O)(=O)N(CC(=O)N/N=C\c1ccccc1Br)c1cccc(C(F)(F)F)c1. The van der Waals surface area contributed by atoms with Gasteiger partial charge in [-0.15, -0.1) is 0 Å². The fourth-order valence-corrected chi connectivity index (χ4v) is 3.39. The molecule has 2 aromatic rings. The number of rotatable bonds is 6. The highest BCUT2D eigenvalue weighted by molar-refractivity contribution is 9.10. The van der Waals surface area contributed by atoms with Crippen LogP contribution < -0.4 is 9.73 Å². The third-order valence-corrected chi connectivity index (χ3v) is 5.31. The Morgan fingerprint density at radius 3 is 2.50 bits per heavy atom. The number of anilines is 1. The Hall–Kier alpha value is -2.40. The molecule has 1 amide bonds. The molecule has 28 heavy (non-hydrogen) atoms. The zero-order chi connectivity index (χ0) is 20.9. The van der Waals surface area contributed by atoms with Crippen LogP contribution in [0.25, 0.3) is 0 Å². The Bertz CT molecular complexity index is 994. The number of nitrogens with zero attached hydrogens (tertiary/aromatic N) is 2. The topological polar surface area (TPSA) is 78.8 Å². The van der Waals surface area contributed by atoms with E-state index in [0.29, 0.717) is 15.9 Å². The van der Waals surface area contributed by atoms with Crippen LogP contribution in [0.4, 0.5) is 18.9 Å². The maximum Gasteiger partial charge on any atom is 0.416 e. The van der Waals surface area contributed by atoms with Crippen LogP contribution in [0.1, 0.15) is 11.1 Å². The fraction of sp³-hybridized carbons (Fsp3) is 0.176. The summed E-state index contributed by atoms with van der Waals surface area (Å²) in [4.78, 5) is 12.1. The van der Waals surface area contributed by atoms with Gasteiger partial charge in [-0.25, -0.2) is 13.8 Å². The molecule has 1 N–H and O–H groups in total. The van der Waals surface area contributed by atoms with Crippen LogP contribution in [0, 0.1) is 0 Å². The lowest BCUT2D eigenvalue weighted by atomic mass is 10.2. The maximum absolute atomic E-state index is 12.9. The lowest BCUT2D eigenvalue weighted by molar-refractivity contribution is -0.137. The summed E-state index contributed by atoms with van der Waals surface area (Å²) >= 11 is 3.30. The third kappa shape index (κ3) is 6.06. The highest BCUT2D eigenvalue weighted by Gasteiger charge is 2.31. The van der Waals surface area contributed by atoms with Gasteiger partial charge >= 0.3 is 6.18 Å². The molecule has 0 aromatic heterocycles. The van der Waals surface area contributed by atoms with E-state index in [1.807, 2.05) is 0 Å². The molecule has 0 spiro atoms. The van der Waals surface area contributed by atoms with Crippen molar-refractivity contribution in [1.29, 1.82) is 0 Å². The third-order valence-electron chi connectivity index (χ3n) is 3.45. The molecule has 0 saturated carbocycles. The van der Waals surface area contributed by atoms with Gasteiger partial charge in [0.25, 0.3) is 5.91 Å². The van der Waals surface area contributed by atoms with Crippen molar-refractivity contribution in [2.45, 2.75) is 6.18 Å². The van der Waals surface area contributed by atoms with Crippen molar-refractivity contribution >= 4 is 43.8 Å². The van der Waals surface area contributed by atoms with Gasteiger partial charge in [0.15, 0.2) is 0 Å². The zero-order valence-corrected chi connectivity index (χ0v) is 16.8. The number of hydrogen-bond donors (Lipinski definition) is 1. The van der Waals surface area contributed by atoms with Crippen LogP contribution in [0.15, 0.2) is 58.1 Å². The Kier molecular flexibility index (Phi) is 6.83. The number of hydrazone groups is 1. The molecule has 150 valence electrons.